The lowest BCUT2D eigenvalue weighted by Crippen LogP contribution is -2.44. The second-order valence-electron chi connectivity index (χ2n) is 8.52. The first-order chi connectivity index (χ1) is 11.8. The zero-order chi connectivity index (χ0) is 18.1. The predicted octanol–water partition coefficient (Wildman–Crippen LogP) is 4.03. The number of nitrogens with zero attached hydrogens (tertiary/aromatic N) is 1. The lowest BCUT2D eigenvalue weighted by atomic mass is 9.65. The van der Waals surface area contributed by atoms with Crippen molar-refractivity contribution < 1.29 is 14.3 Å². The van der Waals surface area contributed by atoms with Crippen molar-refractivity contribution in [3.8, 4) is 11.5 Å². The molecule has 0 spiro atoms. The molecule has 0 radical (unpaired) electrons. The fourth-order valence-electron chi connectivity index (χ4n) is 4.78. The van der Waals surface area contributed by atoms with Crippen LogP contribution in [-0.2, 0) is 0 Å². The van der Waals surface area contributed by atoms with Gasteiger partial charge in [-0.25, -0.2) is 4.79 Å². The molecule has 5 heteroatoms. The monoisotopic (exact) mass is 346 g/mol. The maximum atomic E-state index is 12.6. The average molecular weight is 346 g/mol. The van der Waals surface area contributed by atoms with E-state index in [4.69, 9.17) is 9.47 Å². The molecule has 2 amide bonds. The van der Waals surface area contributed by atoms with Crippen molar-refractivity contribution in [3.63, 3.8) is 0 Å². The molecule has 2 aliphatic rings. The summed E-state index contributed by atoms with van der Waals surface area (Å²) in [5.74, 6) is 1.54. The quantitative estimate of drug-likeness (QED) is 0.819. The number of likely N-dealkylation sites (tertiary alicyclic amines) is 1. The first-order valence-corrected chi connectivity index (χ1v) is 9.20. The lowest BCUT2D eigenvalue weighted by Gasteiger charge is -2.39. The Morgan fingerprint density at radius 3 is 2.44 bits per heavy atom. The number of fused-ring (bicyclic) bond motifs is 2. The van der Waals surface area contributed by atoms with Crippen LogP contribution >= 0.6 is 0 Å². The van der Waals surface area contributed by atoms with E-state index in [-0.39, 0.29) is 18.2 Å². The normalized spacial score (nSPS) is 27.0. The van der Waals surface area contributed by atoms with Gasteiger partial charge in [-0.05, 0) is 61.3 Å². The van der Waals surface area contributed by atoms with Gasteiger partial charge in [0.25, 0.3) is 0 Å². The Balaban J connectivity index is 1.50. The van der Waals surface area contributed by atoms with Crippen molar-refractivity contribution in [1.29, 1.82) is 0 Å². The second kappa shape index (κ2) is 6.77. The van der Waals surface area contributed by atoms with Gasteiger partial charge >= 0.3 is 6.03 Å². The van der Waals surface area contributed by atoms with Gasteiger partial charge < -0.3 is 19.7 Å². The van der Waals surface area contributed by atoms with E-state index in [1.807, 2.05) is 36.1 Å². The number of urea groups is 1. The van der Waals surface area contributed by atoms with Crippen molar-refractivity contribution in [2.75, 3.05) is 19.9 Å². The molecule has 3 rings (SSSR count). The highest BCUT2D eigenvalue weighted by atomic mass is 16.5. The van der Waals surface area contributed by atoms with Crippen LogP contribution in [0.25, 0.3) is 0 Å². The Kier molecular flexibility index (Phi) is 4.85. The summed E-state index contributed by atoms with van der Waals surface area (Å²) in [5.41, 5.74) is 0.561. The third-order valence-electron chi connectivity index (χ3n) is 5.27. The Bertz CT molecular complexity index is 614. The van der Waals surface area contributed by atoms with E-state index < -0.39 is 0 Å². The highest BCUT2D eigenvalue weighted by Crippen LogP contribution is 2.52. The van der Waals surface area contributed by atoms with E-state index in [0.29, 0.717) is 18.1 Å². The summed E-state index contributed by atoms with van der Waals surface area (Å²) in [6, 6.07) is 7.77. The number of carbonyl (C=O) groups excluding carboxylic acids is 1. The third-order valence-corrected chi connectivity index (χ3v) is 5.27. The van der Waals surface area contributed by atoms with Crippen LogP contribution in [0.1, 0.15) is 47.0 Å². The van der Waals surface area contributed by atoms with Gasteiger partial charge in [0, 0.05) is 12.6 Å². The standard InChI is InChI=1S/C20H30N2O3/c1-5-24-16-6-8-17(9-7-16)25-14-21-18(23)22-13-20(4)11-15(22)10-19(2,3)12-20/h6-9,15H,5,10-14H2,1-4H3,(H,21,23). The SMILES string of the molecule is CCOc1ccc(OCNC(=O)N2CC3(C)CC2CC(C)(C)C3)cc1. The van der Waals surface area contributed by atoms with E-state index in [1.165, 1.54) is 6.42 Å². The van der Waals surface area contributed by atoms with E-state index >= 15 is 0 Å². The molecule has 2 atom stereocenters. The van der Waals surface area contributed by atoms with Crippen LogP contribution in [0.15, 0.2) is 24.3 Å². The van der Waals surface area contributed by atoms with Gasteiger partial charge in [0.15, 0.2) is 6.73 Å². The van der Waals surface area contributed by atoms with Crippen molar-refractivity contribution in [2.24, 2.45) is 10.8 Å². The first-order valence-electron chi connectivity index (χ1n) is 9.20. The summed E-state index contributed by atoms with van der Waals surface area (Å²) < 4.78 is 11.0. The van der Waals surface area contributed by atoms with Gasteiger partial charge in [0.05, 0.1) is 6.61 Å². The molecule has 2 bridgehead atoms. The van der Waals surface area contributed by atoms with Crippen molar-refractivity contribution in [2.45, 2.75) is 53.0 Å². The Labute approximate surface area is 150 Å². The molecule has 1 heterocycles. The van der Waals surface area contributed by atoms with Crippen LogP contribution in [0.2, 0.25) is 0 Å². The summed E-state index contributed by atoms with van der Waals surface area (Å²) in [4.78, 5) is 14.6. The lowest BCUT2D eigenvalue weighted by molar-refractivity contribution is 0.128. The topological polar surface area (TPSA) is 50.8 Å². The summed E-state index contributed by atoms with van der Waals surface area (Å²) in [6.07, 6.45) is 3.38. The van der Waals surface area contributed by atoms with Gasteiger partial charge in [-0.2, -0.15) is 0 Å². The van der Waals surface area contributed by atoms with Gasteiger partial charge in [0.1, 0.15) is 11.5 Å². The molecule has 138 valence electrons. The Morgan fingerprint density at radius 2 is 1.80 bits per heavy atom. The minimum absolute atomic E-state index is 0.0163. The Morgan fingerprint density at radius 1 is 1.16 bits per heavy atom. The summed E-state index contributed by atoms with van der Waals surface area (Å²) in [5, 5.41) is 2.90. The highest BCUT2D eigenvalue weighted by Gasteiger charge is 2.50. The van der Waals surface area contributed by atoms with Gasteiger partial charge in [-0.15, -0.1) is 0 Å². The summed E-state index contributed by atoms with van der Waals surface area (Å²) in [7, 11) is 0. The van der Waals surface area contributed by atoms with Crippen LogP contribution in [0.3, 0.4) is 0 Å². The molecule has 1 aliphatic heterocycles. The largest absolute Gasteiger partial charge is 0.494 e. The van der Waals surface area contributed by atoms with Gasteiger partial charge in [-0.1, -0.05) is 20.8 Å². The van der Waals surface area contributed by atoms with E-state index in [2.05, 4.69) is 26.1 Å². The molecular formula is C20H30N2O3. The zero-order valence-corrected chi connectivity index (χ0v) is 15.8. The summed E-state index contributed by atoms with van der Waals surface area (Å²) >= 11 is 0. The number of benzene rings is 1. The minimum Gasteiger partial charge on any atom is -0.494 e. The Hall–Kier alpha value is -1.91. The van der Waals surface area contributed by atoms with Crippen LogP contribution in [-0.4, -0.2) is 36.9 Å². The number of nitrogens with one attached hydrogen (secondary N) is 1. The number of rotatable bonds is 5. The van der Waals surface area contributed by atoms with Crippen LogP contribution in [0.5, 0.6) is 11.5 Å². The fourth-order valence-corrected chi connectivity index (χ4v) is 4.78. The average Bonchev–Trinajstić information content (AvgIpc) is 2.78. The molecule has 1 aliphatic carbocycles. The highest BCUT2D eigenvalue weighted by molar-refractivity contribution is 5.75. The first kappa shape index (κ1) is 17.9. The molecule has 2 unspecified atom stereocenters. The zero-order valence-electron chi connectivity index (χ0n) is 15.8. The van der Waals surface area contributed by atoms with Gasteiger partial charge in [-0.3, -0.25) is 0 Å². The molecule has 0 aromatic heterocycles. The molecule has 2 fully saturated rings. The second-order valence-corrected chi connectivity index (χ2v) is 8.52. The maximum Gasteiger partial charge on any atom is 0.320 e. The molecule has 1 aromatic rings. The van der Waals surface area contributed by atoms with Crippen LogP contribution in [0, 0.1) is 10.8 Å². The molecule has 25 heavy (non-hydrogen) atoms. The third kappa shape index (κ3) is 4.20. The fraction of sp³-hybridized carbons (Fsp3) is 0.650. The maximum absolute atomic E-state index is 12.6. The number of ether oxygens (including phenoxy) is 2. The van der Waals surface area contributed by atoms with Crippen molar-refractivity contribution >= 4 is 6.03 Å². The number of amides is 2. The molecule has 1 saturated heterocycles. The van der Waals surface area contributed by atoms with E-state index in [1.54, 1.807) is 0 Å². The molecular weight excluding hydrogens is 316 g/mol. The minimum atomic E-state index is -0.0163. The van der Waals surface area contributed by atoms with Crippen molar-refractivity contribution in [1.82, 2.24) is 10.2 Å². The molecule has 5 nitrogen and oxygen atoms in total. The predicted molar refractivity (Wildman–Crippen MR) is 97.9 cm³/mol. The molecule has 1 aromatic carbocycles. The van der Waals surface area contributed by atoms with Gasteiger partial charge in [0.2, 0.25) is 0 Å². The van der Waals surface area contributed by atoms with Crippen LogP contribution in [0.4, 0.5) is 4.79 Å². The van der Waals surface area contributed by atoms with E-state index in [9.17, 15) is 4.79 Å². The molecule has 1 saturated carbocycles. The van der Waals surface area contributed by atoms with Crippen LogP contribution < -0.4 is 14.8 Å². The summed E-state index contributed by atoms with van der Waals surface area (Å²) in [6.45, 7) is 10.6. The number of hydrogen-bond donors (Lipinski definition) is 1. The number of carbonyl (C=O) groups is 1. The smallest absolute Gasteiger partial charge is 0.320 e. The molecule has 1 N–H and O–H groups in total. The van der Waals surface area contributed by atoms with Crippen molar-refractivity contribution in [3.05, 3.63) is 24.3 Å². The van der Waals surface area contributed by atoms with E-state index in [0.717, 1.165) is 30.9 Å². The number of hydrogen-bond acceptors (Lipinski definition) is 3.